The van der Waals surface area contributed by atoms with Crippen LogP contribution in [0.2, 0.25) is 0 Å². The summed E-state index contributed by atoms with van der Waals surface area (Å²) in [6.45, 7) is 8.66. The summed E-state index contributed by atoms with van der Waals surface area (Å²) in [6.07, 6.45) is 3.23. The number of imide groups is 1. The molecular weight excluding hydrogens is 292 g/mol. The number of halogens is 1. The maximum atomic E-state index is 11.9. The summed E-state index contributed by atoms with van der Waals surface area (Å²) in [5.74, 6) is -0.278. The molecule has 124 valence electrons. The molecule has 0 aromatic rings. The molecule has 3 amide bonds. The molecule has 0 bridgehead atoms. The van der Waals surface area contributed by atoms with E-state index in [-0.39, 0.29) is 42.5 Å². The van der Waals surface area contributed by atoms with Crippen molar-refractivity contribution < 1.29 is 9.59 Å². The van der Waals surface area contributed by atoms with Gasteiger partial charge >= 0.3 is 6.03 Å². The molecule has 0 aliphatic carbocycles. The number of nitrogens with one attached hydrogen (secondary N) is 2. The molecular formula is C14H29ClN4O2. The Balaban J connectivity index is 0.00000400. The fourth-order valence-corrected chi connectivity index (χ4v) is 2.53. The molecule has 7 heteroatoms. The first-order valence-electron chi connectivity index (χ1n) is 7.30. The highest BCUT2D eigenvalue weighted by molar-refractivity contribution is 5.95. The molecule has 4 N–H and O–H groups in total. The number of likely N-dealkylation sites (tertiary alicyclic amines) is 1. The van der Waals surface area contributed by atoms with Gasteiger partial charge in [-0.25, -0.2) is 4.79 Å². The maximum Gasteiger partial charge on any atom is 0.321 e. The average Bonchev–Trinajstić information content (AvgIpc) is 2.26. The zero-order chi connectivity index (χ0) is 15.3. The number of hydrogen-bond donors (Lipinski definition) is 3. The van der Waals surface area contributed by atoms with Crippen molar-refractivity contribution in [1.29, 1.82) is 0 Å². The van der Waals surface area contributed by atoms with Crippen LogP contribution in [0.25, 0.3) is 0 Å². The summed E-state index contributed by atoms with van der Waals surface area (Å²) >= 11 is 0. The van der Waals surface area contributed by atoms with Crippen LogP contribution in [-0.2, 0) is 4.79 Å². The monoisotopic (exact) mass is 320 g/mol. The Morgan fingerprint density at radius 1 is 1.33 bits per heavy atom. The van der Waals surface area contributed by atoms with Crippen molar-refractivity contribution >= 4 is 24.3 Å². The highest BCUT2D eigenvalue weighted by atomic mass is 35.5. The molecule has 0 spiro atoms. The van der Waals surface area contributed by atoms with E-state index in [9.17, 15) is 9.59 Å². The van der Waals surface area contributed by atoms with Crippen LogP contribution in [0.4, 0.5) is 4.79 Å². The van der Waals surface area contributed by atoms with E-state index in [4.69, 9.17) is 5.73 Å². The van der Waals surface area contributed by atoms with Crippen molar-refractivity contribution in [2.45, 2.75) is 64.6 Å². The number of rotatable bonds is 3. The normalized spacial score (nSPS) is 21.1. The molecule has 1 aliphatic heterocycles. The Labute approximate surface area is 133 Å². The number of urea groups is 1. The van der Waals surface area contributed by atoms with Crippen LogP contribution < -0.4 is 16.4 Å². The van der Waals surface area contributed by atoms with Gasteiger partial charge in [-0.1, -0.05) is 6.42 Å². The van der Waals surface area contributed by atoms with E-state index in [0.29, 0.717) is 0 Å². The quantitative estimate of drug-likeness (QED) is 0.730. The number of amides is 3. The lowest BCUT2D eigenvalue weighted by molar-refractivity contribution is -0.122. The fraction of sp³-hybridized carbons (Fsp3) is 0.857. The lowest BCUT2D eigenvalue weighted by Gasteiger charge is -2.37. The molecule has 1 rings (SSSR count). The minimum Gasteiger partial charge on any atom is -0.333 e. The van der Waals surface area contributed by atoms with E-state index in [1.807, 2.05) is 27.7 Å². The molecule has 1 aliphatic rings. The Kier molecular flexibility index (Phi) is 8.21. The van der Waals surface area contributed by atoms with Gasteiger partial charge in [0.15, 0.2) is 0 Å². The van der Waals surface area contributed by atoms with Gasteiger partial charge in [-0.15, -0.1) is 12.4 Å². The number of carbonyl (C=O) groups excluding carboxylic acids is 2. The highest BCUT2D eigenvalue weighted by Crippen LogP contribution is 2.18. The summed E-state index contributed by atoms with van der Waals surface area (Å²) in [6, 6.07) is -0.191. The van der Waals surface area contributed by atoms with E-state index in [2.05, 4.69) is 15.5 Å². The largest absolute Gasteiger partial charge is 0.333 e. The zero-order valence-electron chi connectivity index (χ0n) is 13.4. The molecule has 0 radical (unpaired) electrons. The number of carbonyl (C=O) groups is 2. The summed E-state index contributed by atoms with van der Waals surface area (Å²) in [4.78, 5) is 25.6. The standard InChI is InChI=1S/C14H28N4O2.ClH/c1-10(15)11-7-5-6-8-18(11)9-12(19)16-13(20)17-14(2,3)4;/h10-11H,5-9,15H2,1-4H3,(H2,16,17,19,20);1H. The van der Waals surface area contributed by atoms with Gasteiger partial charge in [0.25, 0.3) is 0 Å². The van der Waals surface area contributed by atoms with Gasteiger partial charge in [0.05, 0.1) is 6.54 Å². The topological polar surface area (TPSA) is 87.5 Å². The Morgan fingerprint density at radius 3 is 2.48 bits per heavy atom. The number of hydrogen-bond acceptors (Lipinski definition) is 4. The van der Waals surface area contributed by atoms with Crippen molar-refractivity contribution in [2.75, 3.05) is 13.1 Å². The predicted molar refractivity (Wildman–Crippen MR) is 86.5 cm³/mol. The Bertz CT molecular complexity index is 355. The Hall–Kier alpha value is -0.850. The summed E-state index contributed by atoms with van der Waals surface area (Å²) in [5, 5.41) is 5.08. The zero-order valence-corrected chi connectivity index (χ0v) is 14.3. The second-order valence-corrected chi connectivity index (χ2v) is 6.65. The molecule has 0 aromatic carbocycles. The number of nitrogens with zero attached hydrogens (tertiary/aromatic N) is 1. The summed E-state index contributed by atoms with van der Waals surface area (Å²) in [5.41, 5.74) is 5.61. The lowest BCUT2D eigenvalue weighted by atomic mass is 9.97. The van der Waals surface area contributed by atoms with Crippen molar-refractivity contribution in [2.24, 2.45) is 5.73 Å². The highest BCUT2D eigenvalue weighted by Gasteiger charge is 2.27. The molecule has 1 fully saturated rings. The molecule has 1 saturated heterocycles. The van der Waals surface area contributed by atoms with E-state index < -0.39 is 6.03 Å². The first-order valence-corrected chi connectivity index (χ1v) is 7.30. The molecule has 2 unspecified atom stereocenters. The first-order chi connectivity index (χ1) is 9.19. The van der Waals surface area contributed by atoms with Crippen LogP contribution in [0.3, 0.4) is 0 Å². The van der Waals surface area contributed by atoms with Gasteiger partial charge in [-0.3, -0.25) is 15.0 Å². The van der Waals surface area contributed by atoms with Crippen LogP contribution >= 0.6 is 12.4 Å². The van der Waals surface area contributed by atoms with E-state index in [1.165, 1.54) is 0 Å². The van der Waals surface area contributed by atoms with Gasteiger partial charge in [-0.05, 0) is 47.1 Å². The predicted octanol–water partition coefficient (Wildman–Crippen LogP) is 1.23. The van der Waals surface area contributed by atoms with Crippen LogP contribution in [-0.4, -0.2) is 47.6 Å². The molecule has 2 atom stereocenters. The van der Waals surface area contributed by atoms with Crippen molar-refractivity contribution in [1.82, 2.24) is 15.5 Å². The smallest absolute Gasteiger partial charge is 0.321 e. The third-order valence-corrected chi connectivity index (χ3v) is 3.36. The number of piperidine rings is 1. The SMILES string of the molecule is CC(N)C1CCCCN1CC(=O)NC(=O)NC(C)(C)C.Cl. The van der Waals surface area contributed by atoms with E-state index in [0.717, 1.165) is 25.8 Å². The molecule has 1 heterocycles. The van der Waals surface area contributed by atoms with Gasteiger partial charge in [0, 0.05) is 17.6 Å². The van der Waals surface area contributed by atoms with Crippen molar-refractivity contribution in [3.63, 3.8) is 0 Å². The van der Waals surface area contributed by atoms with E-state index >= 15 is 0 Å². The van der Waals surface area contributed by atoms with Gasteiger partial charge in [0.1, 0.15) is 0 Å². The minimum absolute atomic E-state index is 0. The van der Waals surface area contributed by atoms with Crippen LogP contribution in [0, 0.1) is 0 Å². The minimum atomic E-state index is -0.447. The van der Waals surface area contributed by atoms with Crippen LogP contribution in [0.5, 0.6) is 0 Å². The fourth-order valence-electron chi connectivity index (χ4n) is 2.53. The molecule has 6 nitrogen and oxygen atoms in total. The third-order valence-electron chi connectivity index (χ3n) is 3.36. The second kappa shape index (κ2) is 8.56. The second-order valence-electron chi connectivity index (χ2n) is 6.65. The first kappa shape index (κ1) is 20.1. The van der Waals surface area contributed by atoms with Gasteiger partial charge in [0.2, 0.25) is 5.91 Å². The maximum absolute atomic E-state index is 11.9. The molecule has 0 saturated carbocycles. The third kappa shape index (κ3) is 7.64. The molecule has 21 heavy (non-hydrogen) atoms. The van der Waals surface area contributed by atoms with Crippen molar-refractivity contribution in [3.8, 4) is 0 Å². The van der Waals surface area contributed by atoms with E-state index in [1.54, 1.807) is 0 Å². The average molecular weight is 321 g/mol. The summed E-state index contributed by atoms with van der Waals surface area (Å²) < 4.78 is 0. The molecule has 0 aromatic heterocycles. The summed E-state index contributed by atoms with van der Waals surface area (Å²) in [7, 11) is 0. The Morgan fingerprint density at radius 2 is 1.95 bits per heavy atom. The lowest BCUT2D eigenvalue weighted by Crippen LogP contribution is -2.54. The number of nitrogens with two attached hydrogens (primary N) is 1. The van der Waals surface area contributed by atoms with Crippen molar-refractivity contribution in [3.05, 3.63) is 0 Å². The van der Waals surface area contributed by atoms with Gasteiger partial charge in [-0.2, -0.15) is 0 Å². The van der Waals surface area contributed by atoms with Crippen LogP contribution in [0.1, 0.15) is 47.0 Å². The van der Waals surface area contributed by atoms with Crippen LogP contribution in [0.15, 0.2) is 0 Å². The van der Waals surface area contributed by atoms with Gasteiger partial charge < -0.3 is 11.1 Å².